The van der Waals surface area contributed by atoms with Crippen molar-refractivity contribution in [2.45, 2.75) is 13.3 Å². The van der Waals surface area contributed by atoms with Crippen LogP contribution in [0.25, 0.3) is 5.76 Å². The van der Waals surface area contributed by atoms with Gasteiger partial charge in [-0.05, 0) is 6.42 Å². The van der Waals surface area contributed by atoms with Gasteiger partial charge in [0.25, 0.3) is 5.78 Å². The van der Waals surface area contributed by atoms with Crippen LogP contribution in [0, 0.1) is 0 Å². The molecule has 0 atom stereocenters. The van der Waals surface area contributed by atoms with E-state index in [2.05, 4.69) is 0 Å². The van der Waals surface area contributed by atoms with Crippen LogP contribution in [0.2, 0.25) is 0 Å². The molecule has 0 bridgehead atoms. The Hall–Kier alpha value is -2.70. The first-order chi connectivity index (χ1) is 8.82. The van der Waals surface area contributed by atoms with E-state index in [0.717, 1.165) is 0 Å². The zero-order valence-electron chi connectivity index (χ0n) is 9.89. The molecule has 0 spiro atoms. The molecule has 1 aromatic rings. The first-order valence-corrected chi connectivity index (χ1v) is 5.40. The predicted molar refractivity (Wildman–Crippen MR) is 63.9 cm³/mol. The van der Waals surface area contributed by atoms with Crippen molar-refractivity contribution >= 4 is 17.3 Å². The molecule has 0 fully saturated rings. The molecule has 7 nitrogen and oxygen atoms in total. The second kappa shape index (κ2) is 3.91. The summed E-state index contributed by atoms with van der Waals surface area (Å²) < 4.78 is 0. The second-order valence-electron chi connectivity index (χ2n) is 4.05. The number of hydrogen-bond donors (Lipinski definition) is 5. The van der Waals surface area contributed by atoms with E-state index in [1.165, 1.54) is 0 Å². The van der Waals surface area contributed by atoms with Gasteiger partial charge >= 0.3 is 0 Å². The van der Waals surface area contributed by atoms with E-state index in [1.807, 2.05) is 0 Å². The zero-order valence-corrected chi connectivity index (χ0v) is 9.89. The van der Waals surface area contributed by atoms with Crippen molar-refractivity contribution in [1.82, 2.24) is 0 Å². The molecule has 1 aromatic carbocycles. The average molecular weight is 265 g/mol. The molecule has 2 rings (SSSR count). The highest BCUT2D eigenvalue weighted by Crippen LogP contribution is 2.46. The van der Waals surface area contributed by atoms with Crippen LogP contribution < -0.4 is 5.73 Å². The normalized spacial score (nSPS) is 14.8. The van der Waals surface area contributed by atoms with Crippen molar-refractivity contribution in [3.63, 3.8) is 0 Å². The number of carbonyl (C=O) groups is 2. The lowest BCUT2D eigenvalue weighted by Gasteiger charge is -2.20. The van der Waals surface area contributed by atoms with Crippen molar-refractivity contribution in [1.29, 1.82) is 0 Å². The lowest BCUT2D eigenvalue weighted by Crippen LogP contribution is -2.28. The van der Waals surface area contributed by atoms with Gasteiger partial charge in [0.15, 0.2) is 17.3 Å². The molecular formula is C12H11NO6. The maximum absolute atomic E-state index is 11.7. The minimum atomic E-state index is -1.21. The number of rotatable bonds is 1. The van der Waals surface area contributed by atoms with E-state index in [4.69, 9.17) is 5.73 Å². The van der Waals surface area contributed by atoms with Crippen LogP contribution >= 0.6 is 0 Å². The molecule has 0 radical (unpaired) electrons. The smallest absolute Gasteiger partial charge is 0.253 e. The molecule has 6 N–H and O–H groups in total. The summed E-state index contributed by atoms with van der Waals surface area (Å²) in [7, 11) is 0. The number of nitrogens with two attached hydrogens (primary N) is 1. The van der Waals surface area contributed by atoms with E-state index in [1.54, 1.807) is 6.92 Å². The lowest BCUT2D eigenvalue weighted by molar-refractivity contribution is -0.112. The lowest BCUT2D eigenvalue weighted by atomic mass is 9.87. The summed E-state index contributed by atoms with van der Waals surface area (Å²) in [6.45, 7) is 1.58. The second-order valence-corrected chi connectivity index (χ2v) is 4.05. The molecule has 0 unspecified atom stereocenters. The van der Waals surface area contributed by atoms with Crippen LogP contribution in [-0.4, -0.2) is 32.0 Å². The number of carbonyl (C=O) groups excluding carboxylic acids is 2. The van der Waals surface area contributed by atoms with Crippen LogP contribution in [-0.2, 0) is 11.2 Å². The standard InChI is InChI=1S/C12H11NO6/c1-2-3-7(14)4-5(10(17)8(3)15)11(18)12(19)6(13)9(4)16/h14-17H,2,13H2,1H3. The third kappa shape index (κ3) is 1.44. The molecule has 0 aromatic heterocycles. The maximum Gasteiger partial charge on any atom is 0.253 e. The molecular weight excluding hydrogens is 254 g/mol. The van der Waals surface area contributed by atoms with Gasteiger partial charge in [0.1, 0.15) is 11.4 Å². The monoisotopic (exact) mass is 265 g/mol. The summed E-state index contributed by atoms with van der Waals surface area (Å²) in [4.78, 5) is 23.2. The van der Waals surface area contributed by atoms with Crippen molar-refractivity contribution in [2.75, 3.05) is 0 Å². The molecule has 19 heavy (non-hydrogen) atoms. The fourth-order valence-corrected chi connectivity index (χ4v) is 2.03. The van der Waals surface area contributed by atoms with Crippen LogP contribution in [0.15, 0.2) is 5.70 Å². The van der Waals surface area contributed by atoms with Gasteiger partial charge in [-0.1, -0.05) is 6.92 Å². The number of phenolic OH excluding ortho intramolecular Hbond substituents is 3. The van der Waals surface area contributed by atoms with Crippen LogP contribution in [0.3, 0.4) is 0 Å². The summed E-state index contributed by atoms with van der Waals surface area (Å²) in [5.74, 6) is -5.34. The van der Waals surface area contributed by atoms with Gasteiger partial charge in [-0.2, -0.15) is 0 Å². The van der Waals surface area contributed by atoms with Gasteiger partial charge < -0.3 is 26.2 Å². The summed E-state index contributed by atoms with van der Waals surface area (Å²) in [5, 5.41) is 39.2. The first-order valence-electron chi connectivity index (χ1n) is 5.40. The van der Waals surface area contributed by atoms with E-state index in [0.29, 0.717) is 0 Å². The van der Waals surface area contributed by atoms with E-state index >= 15 is 0 Å². The molecule has 100 valence electrons. The minimum Gasteiger partial charge on any atom is -0.507 e. The molecule has 0 amide bonds. The van der Waals surface area contributed by atoms with Gasteiger partial charge in [-0.15, -0.1) is 0 Å². The number of benzene rings is 1. The Morgan fingerprint density at radius 1 is 0.895 bits per heavy atom. The highest BCUT2D eigenvalue weighted by Gasteiger charge is 2.38. The van der Waals surface area contributed by atoms with Crippen LogP contribution in [0.4, 0.5) is 0 Å². The zero-order chi connectivity index (χ0) is 14.5. The topological polar surface area (TPSA) is 141 Å². The number of hydrogen-bond acceptors (Lipinski definition) is 7. The van der Waals surface area contributed by atoms with Crippen molar-refractivity contribution < 1.29 is 30.0 Å². The Morgan fingerprint density at radius 3 is 2.00 bits per heavy atom. The summed E-state index contributed by atoms with van der Waals surface area (Å²) in [6, 6.07) is 0. The Kier molecular flexibility index (Phi) is 2.62. The fourth-order valence-electron chi connectivity index (χ4n) is 2.03. The van der Waals surface area contributed by atoms with Crippen molar-refractivity contribution in [3.8, 4) is 17.2 Å². The maximum atomic E-state index is 11.7. The molecule has 1 aliphatic carbocycles. The van der Waals surface area contributed by atoms with Gasteiger partial charge in [-0.25, -0.2) is 0 Å². The van der Waals surface area contributed by atoms with E-state index < -0.39 is 51.4 Å². The number of aromatic hydroxyl groups is 3. The van der Waals surface area contributed by atoms with Crippen LogP contribution in [0.1, 0.15) is 28.4 Å². The number of ketones is 2. The Bertz CT molecular complexity index is 659. The average Bonchev–Trinajstić information content (AvgIpc) is 2.38. The number of phenols is 3. The van der Waals surface area contributed by atoms with Gasteiger partial charge in [0, 0.05) is 5.56 Å². The number of aliphatic hydroxyl groups excluding tert-OH is 1. The minimum absolute atomic E-state index is 0.0576. The Balaban J connectivity index is 2.99. The van der Waals surface area contributed by atoms with Crippen LogP contribution in [0.5, 0.6) is 17.2 Å². The largest absolute Gasteiger partial charge is 0.507 e. The molecule has 0 aliphatic heterocycles. The number of fused-ring (bicyclic) bond motifs is 1. The molecule has 7 heteroatoms. The Labute approximate surface area is 107 Å². The van der Waals surface area contributed by atoms with E-state index in [-0.39, 0.29) is 12.0 Å². The molecule has 0 saturated carbocycles. The Morgan fingerprint density at radius 2 is 1.47 bits per heavy atom. The SMILES string of the molecule is CCc1c(O)c(O)c2c(c1O)C(O)=C(N)C(=O)C2=O. The highest BCUT2D eigenvalue weighted by atomic mass is 16.3. The molecule has 1 aliphatic rings. The predicted octanol–water partition coefficient (Wildman–Crippen LogP) is 0.317. The summed E-state index contributed by atoms with van der Waals surface area (Å²) >= 11 is 0. The van der Waals surface area contributed by atoms with Crippen molar-refractivity contribution in [2.24, 2.45) is 5.73 Å². The summed E-state index contributed by atoms with van der Waals surface area (Å²) in [6.07, 6.45) is 0.133. The fraction of sp³-hybridized carbons (Fsp3) is 0.167. The quantitative estimate of drug-likeness (QED) is 0.279. The number of Topliss-reactive ketones (excluding diaryl/α,β-unsaturated/α-hetero) is 2. The number of aliphatic hydroxyl groups is 1. The van der Waals surface area contributed by atoms with Gasteiger partial charge in [-0.3, -0.25) is 9.59 Å². The van der Waals surface area contributed by atoms with Gasteiger partial charge in [0.05, 0.1) is 11.1 Å². The first kappa shape index (κ1) is 12.7. The molecule has 0 heterocycles. The third-order valence-corrected chi connectivity index (χ3v) is 3.04. The van der Waals surface area contributed by atoms with Crippen molar-refractivity contribution in [3.05, 3.63) is 22.4 Å². The molecule has 0 saturated heterocycles. The van der Waals surface area contributed by atoms with E-state index in [9.17, 15) is 30.0 Å². The number of allylic oxidation sites excluding steroid dienone is 1. The third-order valence-electron chi connectivity index (χ3n) is 3.04. The van der Waals surface area contributed by atoms with Gasteiger partial charge in [0.2, 0.25) is 5.78 Å². The summed E-state index contributed by atoms with van der Waals surface area (Å²) in [5.41, 5.74) is 3.43. The highest BCUT2D eigenvalue weighted by molar-refractivity contribution is 6.52.